The topological polar surface area (TPSA) is 171 Å². The van der Waals surface area contributed by atoms with Gasteiger partial charge in [-0.25, -0.2) is 9.36 Å². The van der Waals surface area contributed by atoms with Gasteiger partial charge in [-0.2, -0.15) is 5.26 Å². The first-order chi connectivity index (χ1) is 23.1. The van der Waals surface area contributed by atoms with E-state index in [0.717, 1.165) is 16.7 Å². The highest BCUT2D eigenvalue weighted by molar-refractivity contribution is 7.47. The van der Waals surface area contributed by atoms with Crippen LogP contribution in [0.2, 0.25) is 0 Å². The van der Waals surface area contributed by atoms with Crippen LogP contribution in [0.5, 0.6) is 11.5 Å². The van der Waals surface area contributed by atoms with Gasteiger partial charge in [-0.05, 0) is 47.9 Å². The van der Waals surface area contributed by atoms with Crippen LogP contribution in [0.3, 0.4) is 0 Å². The predicted octanol–water partition coefficient (Wildman–Crippen LogP) is 4.57. The number of rotatable bonds is 14. The Labute approximate surface area is 276 Å². The summed E-state index contributed by atoms with van der Waals surface area (Å²) in [6.07, 6.45) is -1.93. The van der Waals surface area contributed by atoms with E-state index >= 15 is 0 Å². The van der Waals surface area contributed by atoms with Gasteiger partial charge in [-0.3, -0.25) is 23.4 Å². The van der Waals surface area contributed by atoms with Crippen molar-refractivity contribution < 1.29 is 37.5 Å². The predicted molar refractivity (Wildman–Crippen MR) is 174 cm³/mol. The van der Waals surface area contributed by atoms with Crippen LogP contribution in [-0.4, -0.2) is 54.1 Å². The number of ether oxygens (including phenoxy) is 4. The Morgan fingerprint density at radius 3 is 2.12 bits per heavy atom. The SMILES string of the molecule is COc1ccc(C(OC[C@H]2O[C@@H](n3cc(C)c(=O)[nH]c3=O)C[C@@H]2OP(=O)(O)OCCC#N)(c2ccccc2)c2ccc(OC)cc2)cc1. The summed E-state index contributed by atoms with van der Waals surface area (Å²) in [5.41, 5.74) is 0.0164. The molecule has 48 heavy (non-hydrogen) atoms. The normalized spacial score (nSPS) is 18.9. The van der Waals surface area contributed by atoms with E-state index in [4.69, 9.17) is 33.3 Å². The third-order valence-corrected chi connectivity index (χ3v) is 9.06. The molecule has 5 rings (SSSR count). The standard InChI is InChI=1S/C34H36N3O10P/c1-23-21-37(33(39)36-32(23)38)31-20-29(47-48(40,41)45-19-7-18-35)30(46-31)22-44-34(24-8-5-4-6-9-24,25-10-14-27(42-2)15-11-25)26-12-16-28(43-3)17-13-26/h4-6,8-17,21,29-31H,7,19-20,22H2,1-3H3,(H,40,41)(H,36,38,39)/t29-,30+,31+/m0/s1. The molecule has 252 valence electrons. The van der Waals surface area contributed by atoms with Crippen LogP contribution in [0.4, 0.5) is 0 Å². The van der Waals surface area contributed by atoms with Crippen molar-refractivity contribution in [3.63, 3.8) is 0 Å². The number of phosphoric acid groups is 1. The van der Waals surface area contributed by atoms with E-state index in [9.17, 15) is 19.0 Å². The smallest absolute Gasteiger partial charge is 0.472 e. The van der Waals surface area contributed by atoms with E-state index in [-0.39, 0.29) is 31.6 Å². The number of aryl methyl sites for hydroxylation is 1. The van der Waals surface area contributed by atoms with Gasteiger partial charge in [-0.1, -0.05) is 54.6 Å². The average Bonchev–Trinajstić information content (AvgIpc) is 3.48. The first-order valence-corrected chi connectivity index (χ1v) is 16.6. The summed E-state index contributed by atoms with van der Waals surface area (Å²) >= 11 is 0. The zero-order chi connectivity index (χ0) is 34.3. The second-order valence-electron chi connectivity index (χ2n) is 11.0. The highest BCUT2D eigenvalue weighted by Crippen LogP contribution is 2.49. The molecule has 0 radical (unpaired) electrons. The molecule has 1 fully saturated rings. The lowest BCUT2D eigenvalue weighted by molar-refractivity contribution is -0.0939. The summed E-state index contributed by atoms with van der Waals surface area (Å²) < 4.78 is 48.8. The minimum absolute atomic E-state index is 0.0605. The summed E-state index contributed by atoms with van der Waals surface area (Å²) in [7, 11) is -1.52. The zero-order valence-electron chi connectivity index (χ0n) is 26.6. The third-order valence-electron chi connectivity index (χ3n) is 8.01. The molecule has 2 N–H and O–H groups in total. The lowest BCUT2D eigenvalue weighted by Crippen LogP contribution is -2.38. The number of hydrogen-bond donors (Lipinski definition) is 2. The molecule has 4 aromatic rings. The molecular formula is C34H36N3O10P. The Morgan fingerprint density at radius 2 is 1.56 bits per heavy atom. The molecule has 13 nitrogen and oxygen atoms in total. The van der Waals surface area contributed by atoms with Gasteiger partial charge in [-0.15, -0.1) is 0 Å². The molecule has 2 heterocycles. The van der Waals surface area contributed by atoms with Gasteiger partial charge in [0.25, 0.3) is 5.56 Å². The van der Waals surface area contributed by atoms with E-state index in [1.165, 1.54) is 10.8 Å². The Morgan fingerprint density at radius 1 is 0.979 bits per heavy atom. The van der Waals surface area contributed by atoms with Crippen LogP contribution in [0.15, 0.2) is 94.6 Å². The van der Waals surface area contributed by atoms with Crippen LogP contribution in [0.1, 0.15) is 41.3 Å². The van der Waals surface area contributed by atoms with Crippen LogP contribution >= 0.6 is 7.82 Å². The van der Waals surface area contributed by atoms with Crippen LogP contribution in [0, 0.1) is 18.3 Å². The molecule has 1 aliphatic rings. The van der Waals surface area contributed by atoms with Crippen molar-refractivity contribution in [1.29, 1.82) is 5.26 Å². The van der Waals surface area contributed by atoms with E-state index in [2.05, 4.69) is 4.98 Å². The van der Waals surface area contributed by atoms with E-state index in [0.29, 0.717) is 11.5 Å². The quantitative estimate of drug-likeness (QED) is 0.109. The van der Waals surface area contributed by atoms with Crippen molar-refractivity contribution >= 4 is 7.82 Å². The molecule has 1 unspecified atom stereocenters. The molecule has 0 amide bonds. The average molecular weight is 678 g/mol. The lowest BCUT2D eigenvalue weighted by Gasteiger charge is -2.37. The summed E-state index contributed by atoms with van der Waals surface area (Å²) in [5, 5.41) is 8.85. The molecular weight excluding hydrogens is 641 g/mol. The Balaban J connectivity index is 1.57. The van der Waals surface area contributed by atoms with E-state index < -0.39 is 43.1 Å². The molecule has 0 bridgehead atoms. The molecule has 1 aromatic heterocycles. The monoisotopic (exact) mass is 677 g/mol. The number of hydrogen-bond acceptors (Lipinski definition) is 10. The van der Waals surface area contributed by atoms with Crippen molar-refractivity contribution in [3.05, 3.63) is 128 Å². The number of phosphoric ester groups is 1. The minimum atomic E-state index is -4.67. The van der Waals surface area contributed by atoms with E-state index in [1.54, 1.807) is 21.1 Å². The maximum atomic E-state index is 13.0. The van der Waals surface area contributed by atoms with Crippen molar-refractivity contribution in [1.82, 2.24) is 9.55 Å². The van der Waals surface area contributed by atoms with E-state index in [1.807, 2.05) is 84.9 Å². The molecule has 14 heteroatoms. The minimum Gasteiger partial charge on any atom is -0.497 e. The second kappa shape index (κ2) is 15.1. The van der Waals surface area contributed by atoms with Crippen molar-refractivity contribution in [2.24, 2.45) is 0 Å². The number of aromatic amines is 1. The molecule has 1 aliphatic heterocycles. The van der Waals surface area contributed by atoms with Crippen LogP contribution < -0.4 is 20.7 Å². The first-order valence-electron chi connectivity index (χ1n) is 15.1. The maximum Gasteiger partial charge on any atom is 0.472 e. The Bertz CT molecular complexity index is 1840. The molecule has 3 aromatic carbocycles. The number of nitrogens with zero attached hydrogens (tertiary/aromatic N) is 2. The number of aromatic nitrogens is 2. The number of H-pyrrole nitrogens is 1. The Hall–Kier alpha value is -4.54. The lowest BCUT2D eigenvalue weighted by atomic mass is 9.80. The van der Waals surface area contributed by atoms with Crippen LogP contribution in [-0.2, 0) is 28.7 Å². The van der Waals surface area contributed by atoms with Gasteiger partial charge < -0.3 is 23.8 Å². The van der Waals surface area contributed by atoms with Crippen molar-refractivity contribution in [2.75, 3.05) is 27.4 Å². The van der Waals surface area contributed by atoms with Crippen molar-refractivity contribution in [2.45, 2.75) is 43.8 Å². The molecule has 4 atom stereocenters. The maximum absolute atomic E-state index is 13.0. The van der Waals surface area contributed by atoms with Gasteiger partial charge in [0, 0.05) is 18.2 Å². The molecule has 1 saturated heterocycles. The van der Waals surface area contributed by atoms with Gasteiger partial charge in [0.15, 0.2) is 0 Å². The first kappa shape index (κ1) is 34.8. The second-order valence-corrected chi connectivity index (χ2v) is 12.4. The fourth-order valence-corrected chi connectivity index (χ4v) is 6.57. The summed E-state index contributed by atoms with van der Waals surface area (Å²) in [6.45, 7) is 1.03. The van der Waals surface area contributed by atoms with Crippen molar-refractivity contribution in [3.8, 4) is 17.6 Å². The number of nitriles is 1. The fraction of sp³-hybridized carbons (Fsp3) is 0.324. The van der Waals surface area contributed by atoms with Gasteiger partial charge in [0.1, 0.15) is 35.5 Å². The summed E-state index contributed by atoms with van der Waals surface area (Å²) in [6, 6.07) is 26.2. The highest BCUT2D eigenvalue weighted by Gasteiger charge is 2.45. The summed E-state index contributed by atoms with van der Waals surface area (Å²) in [4.78, 5) is 37.7. The van der Waals surface area contributed by atoms with Gasteiger partial charge >= 0.3 is 13.5 Å². The zero-order valence-corrected chi connectivity index (χ0v) is 27.5. The number of methoxy groups -OCH3 is 2. The molecule has 0 saturated carbocycles. The molecule has 0 aliphatic carbocycles. The summed E-state index contributed by atoms with van der Waals surface area (Å²) in [5.74, 6) is 1.28. The van der Waals surface area contributed by atoms with Gasteiger partial charge in [0.2, 0.25) is 0 Å². The Kier molecular flexibility index (Phi) is 11.0. The number of nitrogens with one attached hydrogen (secondary N) is 1. The van der Waals surface area contributed by atoms with Crippen LogP contribution in [0.25, 0.3) is 0 Å². The fourth-order valence-electron chi connectivity index (χ4n) is 5.62. The number of benzene rings is 3. The highest BCUT2D eigenvalue weighted by atomic mass is 31.2. The van der Waals surface area contributed by atoms with Gasteiger partial charge in [0.05, 0.1) is 39.9 Å². The molecule has 0 spiro atoms. The largest absolute Gasteiger partial charge is 0.497 e. The third kappa shape index (κ3) is 7.61.